The number of aliphatic imine (C=N–C) groups is 1. The van der Waals surface area contributed by atoms with Crippen LogP contribution in [-0.2, 0) is 6.54 Å². The number of methoxy groups -OCH3 is 2. The number of nitrogens with zero attached hydrogens (tertiary/aromatic N) is 4. The van der Waals surface area contributed by atoms with E-state index in [9.17, 15) is 0 Å². The summed E-state index contributed by atoms with van der Waals surface area (Å²) in [4.78, 5) is 4.28. The quantitative estimate of drug-likeness (QED) is 0.320. The van der Waals surface area contributed by atoms with Gasteiger partial charge < -0.3 is 20.5 Å². The fourth-order valence-corrected chi connectivity index (χ4v) is 2.26. The third-order valence-electron chi connectivity index (χ3n) is 3.65. The molecule has 0 saturated heterocycles. The average Bonchev–Trinajstić information content (AvgIpc) is 3.16. The summed E-state index contributed by atoms with van der Waals surface area (Å²) in [6.07, 6.45) is 1.81. The lowest BCUT2D eigenvalue weighted by Gasteiger charge is -2.06. The normalized spacial score (nSPS) is 10.8. The Balaban J connectivity index is 0.00000261. The highest BCUT2D eigenvalue weighted by Crippen LogP contribution is 2.15. The molecule has 0 radical (unpaired) electrons. The van der Waals surface area contributed by atoms with Gasteiger partial charge in [0.25, 0.3) is 0 Å². The molecule has 2 aromatic carbocycles. The number of rotatable bonds is 6. The van der Waals surface area contributed by atoms with E-state index < -0.39 is 0 Å². The van der Waals surface area contributed by atoms with Gasteiger partial charge in [-0.3, -0.25) is 0 Å². The zero-order valence-electron chi connectivity index (χ0n) is 15.0. The lowest BCUT2D eigenvalue weighted by Crippen LogP contribution is -2.22. The number of benzene rings is 2. The molecule has 142 valence electrons. The second kappa shape index (κ2) is 9.76. The van der Waals surface area contributed by atoms with E-state index in [0.29, 0.717) is 18.2 Å². The highest BCUT2D eigenvalue weighted by atomic mass is 127. The van der Waals surface area contributed by atoms with Crippen molar-refractivity contribution in [3.05, 3.63) is 60.4 Å². The highest BCUT2D eigenvalue weighted by Gasteiger charge is 2.03. The second-order valence-corrected chi connectivity index (χ2v) is 5.41. The number of halogens is 1. The Morgan fingerprint density at radius 3 is 2.22 bits per heavy atom. The Labute approximate surface area is 174 Å². The van der Waals surface area contributed by atoms with E-state index in [2.05, 4.69) is 20.6 Å². The smallest absolute Gasteiger partial charge is 0.193 e. The summed E-state index contributed by atoms with van der Waals surface area (Å²) >= 11 is 0. The van der Waals surface area contributed by atoms with Crippen LogP contribution < -0.4 is 20.5 Å². The third kappa shape index (κ3) is 5.58. The zero-order valence-corrected chi connectivity index (χ0v) is 17.3. The lowest BCUT2D eigenvalue weighted by atomic mass is 10.3. The third-order valence-corrected chi connectivity index (χ3v) is 3.65. The molecule has 0 aliphatic carbocycles. The summed E-state index contributed by atoms with van der Waals surface area (Å²) in [5.74, 6) is 1.87. The van der Waals surface area contributed by atoms with Crippen molar-refractivity contribution in [2.75, 3.05) is 19.5 Å². The van der Waals surface area contributed by atoms with E-state index >= 15 is 0 Å². The predicted molar refractivity (Wildman–Crippen MR) is 115 cm³/mol. The van der Waals surface area contributed by atoms with E-state index in [4.69, 9.17) is 15.2 Å². The van der Waals surface area contributed by atoms with Gasteiger partial charge in [-0.05, 0) is 48.5 Å². The van der Waals surface area contributed by atoms with Crippen LogP contribution in [0.15, 0.2) is 59.7 Å². The van der Waals surface area contributed by atoms with Crippen LogP contribution in [0.4, 0.5) is 5.69 Å². The summed E-state index contributed by atoms with van der Waals surface area (Å²) in [6, 6.07) is 15.0. The number of aromatic nitrogens is 3. The molecule has 9 heteroatoms. The van der Waals surface area contributed by atoms with Crippen molar-refractivity contribution in [1.82, 2.24) is 15.0 Å². The van der Waals surface area contributed by atoms with Crippen LogP contribution in [0.2, 0.25) is 0 Å². The van der Waals surface area contributed by atoms with Crippen LogP contribution in [0.3, 0.4) is 0 Å². The molecule has 3 rings (SSSR count). The van der Waals surface area contributed by atoms with Crippen LogP contribution in [0, 0.1) is 0 Å². The molecule has 0 bridgehead atoms. The molecule has 0 spiro atoms. The minimum absolute atomic E-state index is 0. The molecule has 1 heterocycles. The molecule has 1 aromatic heterocycles. The van der Waals surface area contributed by atoms with Crippen molar-refractivity contribution in [1.29, 1.82) is 0 Å². The summed E-state index contributed by atoms with van der Waals surface area (Å²) in [6.45, 7) is 0.325. The molecular formula is C18H21IN6O2. The van der Waals surface area contributed by atoms with Crippen molar-refractivity contribution < 1.29 is 9.47 Å². The van der Waals surface area contributed by atoms with Crippen molar-refractivity contribution in [3.8, 4) is 17.2 Å². The molecule has 0 aliphatic heterocycles. The number of nitrogens with two attached hydrogens (primary N) is 1. The van der Waals surface area contributed by atoms with E-state index in [1.165, 1.54) is 0 Å². The summed E-state index contributed by atoms with van der Waals surface area (Å²) in [7, 11) is 3.25. The summed E-state index contributed by atoms with van der Waals surface area (Å²) in [5.41, 5.74) is 8.34. The first-order valence-electron chi connectivity index (χ1n) is 7.94. The Morgan fingerprint density at radius 1 is 1.04 bits per heavy atom. The molecule has 3 N–H and O–H groups in total. The van der Waals surface area contributed by atoms with E-state index in [0.717, 1.165) is 22.9 Å². The van der Waals surface area contributed by atoms with Gasteiger partial charge in [-0.15, -0.1) is 29.1 Å². The maximum absolute atomic E-state index is 5.91. The summed E-state index contributed by atoms with van der Waals surface area (Å²) in [5, 5.41) is 11.2. The van der Waals surface area contributed by atoms with Gasteiger partial charge in [-0.2, -0.15) is 0 Å². The Hall–Kier alpha value is -2.82. The monoisotopic (exact) mass is 480 g/mol. The maximum atomic E-state index is 5.91. The first-order chi connectivity index (χ1) is 12.7. The second-order valence-electron chi connectivity index (χ2n) is 5.41. The van der Waals surface area contributed by atoms with Crippen LogP contribution in [0.1, 0.15) is 5.69 Å². The lowest BCUT2D eigenvalue weighted by molar-refractivity contribution is 0.414. The minimum Gasteiger partial charge on any atom is -0.497 e. The van der Waals surface area contributed by atoms with Gasteiger partial charge in [-0.25, -0.2) is 9.67 Å². The van der Waals surface area contributed by atoms with Gasteiger partial charge in [-0.1, -0.05) is 5.21 Å². The van der Waals surface area contributed by atoms with E-state index in [1.54, 1.807) is 18.9 Å². The molecular weight excluding hydrogens is 459 g/mol. The number of anilines is 1. The maximum Gasteiger partial charge on any atom is 0.193 e. The van der Waals surface area contributed by atoms with Crippen LogP contribution in [0.5, 0.6) is 11.5 Å². The Morgan fingerprint density at radius 2 is 1.63 bits per heavy atom. The average molecular weight is 480 g/mol. The van der Waals surface area contributed by atoms with Crippen molar-refractivity contribution in [2.45, 2.75) is 6.54 Å². The van der Waals surface area contributed by atoms with Gasteiger partial charge >= 0.3 is 0 Å². The molecule has 27 heavy (non-hydrogen) atoms. The Kier molecular flexibility index (Phi) is 7.41. The first kappa shape index (κ1) is 20.5. The predicted octanol–water partition coefficient (Wildman–Crippen LogP) is 2.83. The molecule has 0 atom stereocenters. The van der Waals surface area contributed by atoms with Crippen LogP contribution in [-0.4, -0.2) is 35.2 Å². The van der Waals surface area contributed by atoms with Crippen molar-refractivity contribution in [3.63, 3.8) is 0 Å². The van der Waals surface area contributed by atoms with E-state index in [1.807, 2.05) is 54.7 Å². The Bertz CT molecular complexity index is 878. The van der Waals surface area contributed by atoms with Gasteiger partial charge in [0.2, 0.25) is 0 Å². The van der Waals surface area contributed by atoms with Gasteiger partial charge in [0.1, 0.15) is 17.2 Å². The van der Waals surface area contributed by atoms with Gasteiger partial charge in [0.15, 0.2) is 5.96 Å². The fraction of sp³-hybridized carbons (Fsp3) is 0.167. The molecule has 0 amide bonds. The largest absolute Gasteiger partial charge is 0.497 e. The minimum atomic E-state index is 0. The highest BCUT2D eigenvalue weighted by molar-refractivity contribution is 14.0. The topological polar surface area (TPSA) is 99.6 Å². The van der Waals surface area contributed by atoms with Gasteiger partial charge in [0, 0.05) is 5.69 Å². The molecule has 8 nitrogen and oxygen atoms in total. The zero-order chi connectivity index (χ0) is 18.4. The SMILES string of the molecule is COc1ccc(NC(N)=NCc2cn(-c3ccc(OC)cc3)nn2)cc1.I. The molecule has 0 aliphatic rings. The molecule has 0 unspecified atom stereocenters. The number of nitrogens with one attached hydrogen (secondary N) is 1. The number of hydrogen-bond donors (Lipinski definition) is 2. The standard InChI is InChI=1S/C18H20N6O2.HI/c1-25-16-7-3-13(4-8-16)21-18(19)20-11-14-12-24(23-22-14)15-5-9-17(26-2)10-6-15;/h3-10,12H,11H2,1-2H3,(H3,19,20,21);1H. The molecule has 3 aromatic rings. The van der Waals surface area contributed by atoms with E-state index in [-0.39, 0.29) is 24.0 Å². The molecule has 0 saturated carbocycles. The fourth-order valence-electron chi connectivity index (χ4n) is 2.26. The van der Waals surface area contributed by atoms with Crippen LogP contribution in [0.25, 0.3) is 5.69 Å². The number of hydrogen-bond acceptors (Lipinski definition) is 5. The summed E-state index contributed by atoms with van der Waals surface area (Å²) < 4.78 is 11.9. The van der Waals surface area contributed by atoms with Gasteiger partial charge in [0.05, 0.1) is 32.6 Å². The number of guanidine groups is 1. The first-order valence-corrected chi connectivity index (χ1v) is 7.94. The van der Waals surface area contributed by atoms with Crippen LogP contribution >= 0.6 is 24.0 Å². The van der Waals surface area contributed by atoms with Crippen molar-refractivity contribution in [2.24, 2.45) is 10.7 Å². The molecule has 0 fully saturated rings. The van der Waals surface area contributed by atoms with Crippen molar-refractivity contribution >= 4 is 35.6 Å². The number of ether oxygens (including phenoxy) is 2.